The molecular weight excluding hydrogens is 268 g/mol. The topological polar surface area (TPSA) is 69.7 Å². The van der Waals surface area contributed by atoms with Crippen molar-refractivity contribution >= 4 is 16.1 Å². The van der Waals surface area contributed by atoms with E-state index >= 15 is 0 Å². The molecule has 0 N–H and O–H groups in total. The molecule has 1 aliphatic carbocycles. The average Bonchev–Trinajstić information content (AvgIpc) is 3.17. The van der Waals surface area contributed by atoms with Gasteiger partial charge in [-0.15, -0.1) is 0 Å². The Labute approximate surface area is 112 Å². The van der Waals surface area contributed by atoms with Crippen molar-refractivity contribution < 1.29 is 22.1 Å². The molecule has 1 aromatic rings. The number of methoxy groups -OCH3 is 1. The van der Waals surface area contributed by atoms with Gasteiger partial charge in [-0.05, 0) is 31.9 Å². The van der Waals surface area contributed by atoms with Crippen molar-refractivity contribution in [2.75, 3.05) is 13.7 Å². The Morgan fingerprint density at radius 1 is 1.26 bits per heavy atom. The van der Waals surface area contributed by atoms with Crippen LogP contribution in [0.3, 0.4) is 0 Å². The molecule has 0 spiro atoms. The number of aryl methyl sites for hydroxylation is 1. The summed E-state index contributed by atoms with van der Waals surface area (Å²) in [7, 11) is -2.53. The summed E-state index contributed by atoms with van der Waals surface area (Å²) >= 11 is 0. The molecule has 2 rings (SSSR count). The van der Waals surface area contributed by atoms with E-state index < -0.39 is 21.5 Å². The van der Waals surface area contributed by atoms with E-state index in [2.05, 4.69) is 4.74 Å². The van der Waals surface area contributed by atoms with Crippen molar-refractivity contribution in [2.45, 2.75) is 24.7 Å². The highest BCUT2D eigenvalue weighted by molar-refractivity contribution is 7.86. The largest absolute Gasteiger partial charge is 0.469 e. The summed E-state index contributed by atoms with van der Waals surface area (Å²) < 4.78 is 33.5. The maximum absolute atomic E-state index is 12.0. The number of carbonyl (C=O) groups excluding carboxylic acids is 1. The highest BCUT2D eigenvalue weighted by Crippen LogP contribution is 2.47. The van der Waals surface area contributed by atoms with Gasteiger partial charge in [0.25, 0.3) is 10.1 Å². The predicted molar refractivity (Wildman–Crippen MR) is 68.0 cm³/mol. The van der Waals surface area contributed by atoms with E-state index in [9.17, 15) is 13.2 Å². The van der Waals surface area contributed by atoms with Gasteiger partial charge in [-0.3, -0.25) is 8.98 Å². The lowest BCUT2D eigenvalue weighted by atomic mass is 10.1. The summed E-state index contributed by atoms with van der Waals surface area (Å²) in [6.07, 6.45) is 1.20. The second-order valence-corrected chi connectivity index (χ2v) is 6.42. The van der Waals surface area contributed by atoms with E-state index in [1.54, 1.807) is 12.1 Å². The summed E-state index contributed by atoms with van der Waals surface area (Å²) in [5, 5.41) is 0. The molecule has 19 heavy (non-hydrogen) atoms. The summed E-state index contributed by atoms with van der Waals surface area (Å²) in [6, 6.07) is 6.37. The summed E-state index contributed by atoms with van der Waals surface area (Å²) in [5.74, 6) is -0.411. The maximum atomic E-state index is 12.0. The standard InChI is InChI=1S/C13H16O5S/c1-10-3-5-11(6-4-10)19(15,16)18-9-13(7-8-13)12(14)17-2/h3-6H,7-9H2,1-2H3. The summed E-state index contributed by atoms with van der Waals surface area (Å²) in [4.78, 5) is 11.6. The number of benzene rings is 1. The van der Waals surface area contributed by atoms with Gasteiger partial charge < -0.3 is 4.74 Å². The fraction of sp³-hybridized carbons (Fsp3) is 0.462. The minimum atomic E-state index is -3.82. The molecule has 0 atom stereocenters. The molecule has 5 nitrogen and oxygen atoms in total. The first-order valence-electron chi connectivity index (χ1n) is 5.94. The first-order chi connectivity index (χ1) is 8.89. The van der Waals surface area contributed by atoms with Crippen LogP contribution in [-0.4, -0.2) is 28.1 Å². The number of carbonyl (C=O) groups is 1. The normalized spacial score (nSPS) is 16.9. The minimum Gasteiger partial charge on any atom is -0.469 e. The molecular formula is C13H16O5S. The van der Waals surface area contributed by atoms with Gasteiger partial charge in [0.1, 0.15) is 0 Å². The van der Waals surface area contributed by atoms with Crippen LogP contribution in [0, 0.1) is 12.3 Å². The molecule has 0 amide bonds. The van der Waals surface area contributed by atoms with Crippen LogP contribution in [0.1, 0.15) is 18.4 Å². The van der Waals surface area contributed by atoms with Crippen LogP contribution in [0.15, 0.2) is 29.2 Å². The van der Waals surface area contributed by atoms with Crippen LogP contribution in [-0.2, 0) is 23.8 Å². The summed E-state index contributed by atoms with van der Waals surface area (Å²) in [6.45, 7) is 1.71. The third kappa shape index (κ3) is 2.96. The molecule has 1 fully saturated rings. The maximum Gasteiger partial charge on any atom is 0.314 e. The van der Waals surface area contributed by atoms with Crippen LogP contribution < -0.4 is 0 Å². The van der Waals surface area contributed by atoms with Crippen molar-refractivity contribution in [3.63, 3.8) is 0 Å². The second-order valence-electron chi connectivity index (χ2n) is 4.80. The van der Waals surface area contributed by atoms with Gasteiger partial charge in [0.05, 0.1) is 24.0 Å². The highest BCUT2D eigenvalue weighted by atomic mass is 32.2. The van der Waals surface area contributed by atoms with E-state index in [-0.39, 0.29) is 11.5 Å². The lowest BCUT2D eigenvalue weighted by Crippen LogP contribution is -2.25. The molecule has 104 valence electrons. The van der Waals surface area contributed by atoms with Crippen molar-refractivity contribution in [3.05, 3.63) is 29.8 Å². The second kappa shape index (κ2) is 4.94. The molecule has 0 aromatic heterocycles. The molecule has 0 saturated heterocycles. The Balaban J connectivity index is 2.07. The quantitative estimate of drug-likeness (QED) is 0.607. The third-order valence-electron chi connectivity index (χ3n) is 3.27. The zero-order valence-corrected chi connectivity index (χ0v) is 11.7. The van der Waals surface area contributed by atoms with Crippen molar-refractivity contribution in [3.8, 4) is 0 Å². The van der Waals surface area contributed by atoms with Gasteiger partial charge in [0, 0.05) is 0 Å². The zero-order chi connectivity index (χ0) is 14.1. The van der Waals surface area contributed by atoms with Gasteiger partial charge in [0.15, 0.2) is 0 Å². The minimum absolute atomic E-state index is 0.0961. The first kappa shape index (κ1) is 14.0. The smallest absolute Gasteiger partial charge is 0.314 e. The molecule has 0 radical (unpaired) electrons. The lowest BCUT2D eigenvalue weighted by molar-refractivity contribution is -0.148. The molecule has 1 aromatic carbocycles. The van der Waals surface area contributed by atoms with Crippen LogP contribution in [0.2, 0.25) is 0 Å². The zero-order valence-electron chi connectivity index (χ0n) is 10.9. The molecule has 0 unspecified atom stereocenters. The number of rotatable bonds is 5. The molecule has 0 bridgehead atoms. The van der Waals surface area contributed by atoms with Crippen LogP contribution >= 0.6 is 0 Å². The monoisotopic (exact) mass is 284 g/mol. The van der Waals surface area contributed by atoms with E-state index in [1.807, 2.05) is 6.92 Å². The van der Waals surface area contributed by atoms with E-state index in [0.717, 1.165) is 5.56 Å². The summed E-state index contributed by atoms with van der Waals surface area (Å²) in [5.41, 5.74) is 0.194. The Morgan fingerprint density at radius 3 is 2.32 bits per heavy atom. The molecule has 1 aliphatic rings. The molecule has 0 heterocycles. The Bertz CT molecular complexity index is 570. The fourth-order valence-electron chi connectivity index (χ4n) is 1.74. The van der Waals surface area contributed by atoms with Gasteiger partial charge in [-0.25, -0.2) is 0 Å². The Kier molecular flexibility index (Phi) is 3.64. The van der Waals surface area contributed by atoms with Crippen LogP contribution in [0.25, 0.3) is 0 Å². The SMILES string of the molecule is COC(=O)C1(COS(=O)(=O)c2ccc(C)cc2)CC1. The van der Waals surface area contributed by atoms with Crippen molar-refractivity contribution in [2.24, 2.45) is 5.41 Å². The Hall–Kier alpha value is -1.40. The van der Waals surface area contributed by atoms with E-state index in [4.69, 9.17) is 4.18 Å². The lowest BCUT2D eigenvalue weighted by Gasteiger charge is -2.12. The van der Waals surface area contributed by atoms with Gasteiger partial charge in [0.2, 0.25) is 0 Å². The van der Waals surface area contributed by atoms with Crippen LogP contribution in [0.4, 0.5) is 0 Å². The van der Waals surface area contributed by atoms with E-state index in [1.165, 1.54) is 19.2 Å². The number of hydrogen-bond donors (Lipinski definition) is 0. The number of ether oxygens (including phenoxy) is 1. The van der Waals surface area contributed by atoms with Gasteiger partial charge in [-0.2, -0.15) is 8.42 Å². The van der Waals surface area contributed by atoms with Crippen molar-refractivity contribution in [1.29, 1.82) is 0 Å². The molecule has 6 heteroatoms. The third-order valence-corrected chi connectivity index (χ3v) is 4.55. The number of hydrogen-bond acceptors (Lipinski definition) is 5. The Morgan fingerprint density at radius 2 is 1.84 bits per heavy atom. The fourth-order valence-corrected chi connectivity index (χ4v) is 2.72. The van der Waals surface area contributed by atoms with Gasteiger partial charge in [-0.1, -0.05) is 17.7 Å². The predicted octanol–water partition coefficient (Wildman–Crippen LogP) is 1.65. The molecule has 1 saturated carbocycles. The molecule has 0 aliphatic heterocycles. The first-order valence-corrected chi connectivity index (χ1v) is 7.35. The number of esters is 1. The average molecular weight is 284 g/mol. The van der Waals surface area contributed by atoms with Crippen molar-refractivity contribution in [1.82, 2.24) is 0 Å². The highest BCUT2D eigenvalue weighted by Gasteiger charge is 2.52. The van der Waals surface area contributed by atoms with Gasteiger partial charge >= 0.3 is 5.97 Å². The van der Waals surface area contributed by atoms with Crippen LogP contribution in [0.5, 0.6) is 0 Å². The van der Waals surface area contributed by atoms with E-state index in [0.29, 0.717) is 12.8 Å².